The monoisotopic (exact) mass is 282 g/mol. The number of benzene rings is 2. The van der Waals surface area contributed by atoms with Crippen molar-refractivity contribution in [1.82, 2.24) is 0 Å². The van der Waals surface area contributed by atoms with Crippen molar-refractivity contribution in [3.8, 4) is 0 Å². The first-order chi connectivity index (χ1) is 10.1. The Morgan fingerprint density at radius 2 is 1.67 bits per heavy atom. The fourth-order valence-electron chi connectivity index (χ4n) is 2.63. The molecule has 0 saturated heterocycles. The van der Waals surface area contributed by atoms with Crippen molar-refractivity contribution in [3.63, 3.8) is 0 Å². The number of aryl methyl sites for hydroxylation is 1. The third-order valence-corrected chi connectivity index (χ3v) is 3.92. The minimum absolute atomic E-state index is 0.309. The van der Waals surface area contributed by atoms with E-state index in [9.17, 15) is 0 Å². The van der Waals surface area contributed by atoms with E-state index in [-0.39, 0.29) is 0 Å². The second-order valence-electron chi connectivity index (χ2n) is 5.50. The van der Waals surface area contributed by atoms with Gasteiger partial charge < -0.3 is 10.2 Å². The zero-order valence-corrected chi connectivity index (χ0v) is 13.6. The van der Waals surface area contributed by atoms with Crippen LogP contribution in [0.25, 0.3) is 0 Å². The fraction of sp³-hybridized carbons (Fsp3) is 0.368. The lowest BCUT2D eigenvalue weighted by Gasteiger charge is -2.22. The van der Waals surface area contributed by atoms with E-state index in [0.717, 1.165) is 13.1 Å². The Morgan fingerprint density at radius 3 is 2.24 bits per heavy atom. The smallest absolute Gasteiger partial charge is 0.0485 e. The van der Waals surface area contributed by atoms with Crippen LogP contribution in [0.1, 0.15) is 37.9 Å². The molecule has 21 heavy (non-hydrogen) atoms. The van der Waals surface area contributed by atoms with Gasteiger partial charge in [-0.15, -0.1) is 0 Å². The van der Waals surface area contributed by atoms with E-state index < -0.39 is 0 Å². The second-order valence-corrected chi connectivity index (χ2v) is 5.50. The number of nitrogens with one attached hydrogen (secondary N) is 1. The summed E-state index contributed by atoms with van der Waals surface area (Å²) in [6.07, 6.45) is 0. The Hall–Kier alpha value is -1.96. The molecular formula is C19H26N2. The number of hydrogen-bond acceptors (Lipinski definition) is 2. The van der Waals surface area contributed by atoms with Gasteiger partial charge in [0.25, 0.3) is 0 Å². The first-order valence-electron chi connectivity index (χ1n) is 7.82. The molecule has 0 bridgehead atoms. The van der Waals surface area contributed by atoms with Crippen LogP contribution in [-0.2, 0) is 0 Å². The van der Waals surface area contributed by atoms with Crippen molar-refractivity contribution >= 4 is 11.4 Å². The molecule has 0 heterocycles. The molecule has 1 unspecified atom stereocenters. The molecule has 112 valence electrons. The first kappa shape index (κ1) is 15.4. The molecule has 1 N–H and O–H groups in total. The Morgan fingerprint density at radius 1 is 1.00 bits per heavy atom. The molecule has 2 aromatic carbocycles. The van der Waals surface area contributed by atoms with E-state index >= 15 is 0 Å². The summed E-state index contributed by atoms with van der Waals surface area (Å²) in [6, 6.07) is 17.7. The third-order valence-electron chi connectivity index (χ3n) is 3.92. The van der Waals surface area contributed by atoms with Gasteiger partial charge in [-0.1, -0.05) is 29.8 Å². The van der Waals surface area contributed by atoms with E-state index in [1.165, 1.54) is 22.5 Å². The number of nitrogens with zero attached hydrogens (tertiary/aromatic N) is 1. The van der Waals surface area contributed by atoms with Crippen molar-refractivity contribution in [3.05, 3.63) is 59.7 Å². The van der Waals surface area contributed by atoms with Crippen molar-refractivity contribution in [2.45, 2.75) is 33.7 Å². The van der Waals surface area contributed by atoms with E-state index in [1.54, 1.807) is 0 Å². The minimum Gasteiger partial charge on any atom is -0.379 e. The summed E-state index contributed by atoms with van der Waals surface area (Å²) in [4.78, 5) is 2.35. The molecule has 0 fully saturated rings. The molecule has 0 amide bonds. The lowest BCUT2D eigenvalue weighted by atomic mass is 10.1. The molecule has 0 aliphatic rings. The maximum atomic E-state index is 3.57. The van der Waals surface area contributed by atoms with Crippen molar-refractivity contribution in [1.29, 1.82) is 0 Å². The molecule has 1 atom stereocenters. The fourth-order valence-corrected chi connectivity index (χ4v) is 2.63. The summed E-state index contributed by atoms with van der Waals surface area (Å²) in [6.45, 7) is 10.8. The number of hydrogen-bond donors (Lipinski definition) is 1. The largest absolute Gasteiger partial charge is 0.379 e. The summed E-state index contributed by atoms with van der Waals surface area (Å²) in [5.74, 6) is 0. The summed E-state index contributed by atoms with van der Waals surface area (Å²) in [7, 11) is 0. The highest BCUT2D eigenvalue weighted by molar-refractivity contribution is 5.55. The van der Waals surface area contributed by atoms with Gasteiger partial charge in [0.05, 0.1) is 0 Å². The Kier molecular flexibility index (Phi) is 5.26. The third kappa shape index (κ3) is 4.01. The molecule has 0 spiro atoms. The van der Waals surface area contributed by atoms with Crippen LogP contribution in [0.15, 0.2) is 48.5 Å². The predicted molar refractivity (Wildman–Crippen MR) is 93.2 cm³/mol. The van der Waals surface area contributed by atoms with E-state index in [0.29, 0.717) is 6.04 Å². The van der Waals surface area contributed by atoms with Gasteiger partial charge in [0.2, 0.25) is 0 Å². The van der Waals surface area contributed by atoms with Gasteiger partial charge in [-0.25, -0.2) is 0 Å². The Labute approximate surface area is 128 Å². The van der Waals surface area contributed by atoms with Crippen LogP contribution in [0.5, 0.6) is 0 Å². The van der Waals surface area contributed by atoms with Gasteiger partial charge >= 0.3 is 0 Å². The Balaban J connectivity index is 2.06. The minimum atomic E-state index is 0.309. The van der Waals surface area contributed by atoms with Crippen LogP contribution < -0.4 is 10.2 Å². The van der Waals surface area contributed by atoms with E-state index in [1.807, 2.05) is 0 Å². The van der Waals surface area contributed by atoms with Crippen molar-refractivity contribution < 1.29 is 0 Å². The molecule has 2 heteroatoms. The molecule has 0 saturated carbocycles. The zero-order valence-electron chi connectivity index (χ0n) is 13.6. The van der Waals surface area contributed by atoms with Crippen LogP contribution >= 0.6 is 0 Å². The summed E-state index contributed by atoms with van der Waals surface area (Å²) >= 11 is 0. The molecule has 0 aliphatic heterocycles. The van der Waals surface area contributed by atoms with Gasteiger partial charge in [0.15, 0.2) is 0 Å². The van der Waals surface area contributed by atoms with Crippen molar-refractivity contribution in [2.24, 2.45) is 0 Å². The lowest BCUT2D eigenvalue weighted by molar-refractivity contribution is 0.864. The van der Waals surface area contributed by atoms with Gasteiger partial charge in [-0.2, -0.15) is 0 Å². The molecule has 0 radical (unpaired) electrons. The molecule has 2 nitrogen and oxygen atoms in total. The molecule has 0 aliphatic carbocycles. The van der Waals surface area contributed by atoms with Crippen LogP contribution in [0.4, 0.5) is 11.4 Å². The highest BCUT2D eigenvalue weighted by atomic mass is 15.1. The second kappa shape index (κ2) is 7.16. The van der Waals surface area contributed by atoms with Crippen LogP contribution in [0.3, 0.4) is 0 Å². The van der Waals surface area contributed by atoms with Crippen molar-refractivity contribution in [2.75, 3.05) is 23.3 Å². The normalized spacial score (nSPS) is 12.0. The average Bonchev–Trinajstić information content (AvgIpc) is 2.50. The quantitative estimate of drug-likeness (QED) is 0.800. The predicted octanol–water partition coefficient (Wildman–Crippen LogP) is 5.01. The Bertz CT molecular complexity index is 556. The lowest BCUT2D eigenvalue weighted by Crippen LogP contribution is -2.21. The number of rotatable bonds is 6. The van der Waals surface area contributed by atoms with Gasteiger partial charge in [-0.05, 0) is 57.5 Å². The summed E-state index contributed by atoms with van der Waals surface area (Å²) < 4.78 is 0. The average molecular weight is 282 g/mol. The van der Waals surface area contributed by atoms with Gasteiger partial charge in [0.1, 0.15) is 0 Å². The van der Waals surface area contributed by atoms with Gasteiger partial charge in [-0.3, -0.25) is 0 Å². The topological polar surface area (TPSA) is 15.3 Å². The van der Waals surface area contributed by atoms with Crippen LogP contribution in [0, 0.1) is 6.92 Å². The maximum absolute atomic E-state index is 3.57. The molecular weight excluding hydrogens is 256 g/mol. The highest BCUT2D eigenvalue weighted by Crippen LogP contribution is 2.22. The zero-order chi connectivity index (χ0) is 15.2. The maximum Gasteiger partial charge on any atom is 0.0485 e. The first-order valence-corrected chi connectivity index (χ1v) is 7.82. The standard InChI is InChI=1S/C19H26N2/c1-5-21(6-2)19-12-10-18(11-13-19)20-16(4)17-9-7-8-15(3)14-17/h7-14,16,20H,5-6H2,1-4H3. The summed E-state index contributed by atoms with van der Waals surface area (Å²) in [5, 5.41) is 3.57. The number of anilines is 2. The van der Waals surface area contributed by atoms with Gasteiger partial charge in [0, 0.05) is 30.5 Å². The SMILES string of the molecule is CCN(CC)c1ccc(NC(C)c2cccc(C)c2)cc1. The summed E-state index contributed by atoms with van der Waals surface area (Å²) in [5.41, 5.74) is 5.08. The van der Waals surface area contributed by atoms with E-state index in [4.69, 9.17) is 0 Å². The highest BCUT2D eigenvalue weighted by Gasteiger charge is 2.06. The molecule has 2 aromatic rings. The van der Waals surface area contributed by atoms with Crippen LogP contribution in [-0.4, -0.2) is 13.1 Å². The molecule has 2 rings (SSSR count). The molecule has 0 aromatic heterocycles. The van der Waals surface area contributed by atoms with E-state index in [2.05, 4.69) is 86.4 Å². The van der Waals surface area contributed by atoms with Crippen LogP contribution in [0.2, 0.25) is 0 Å².